The van der Waals surface area contributed by atoms with Gasteiger partial charge in [0, 0.05) is 31.7 Å². The van der Waals surface area contributed by atoms with Gasteiger partial charge in [-0.05, 0) is 22.9 Å². The Bertz CT molecular complexity index is 516. The van der Waals surface area contributed by atoms with Crippen molar-refractivity contribution in [1.82, 2.24) is 20.0 Å². The third kappa shape index (κ3) is 2.35. The van der Waals surface area contributed by atoms with Crippen molar-refractivity contribution < 1.29 is 0 Å². The van der Waals surface area contributed by atoms with Gasteiger partial charge in [-0.1, -0.05) is 11.3 Å². The molecule has 0 aliphatic carbocycles. The summed E-state index contributed by atoms with van der Waals surface area (Å²) in [5.41, 5.74) is 0. The molecule has 90 valence electrons. The number of rotatable bonds is 3. The van der Waals surface area contributed by atoms with Crippen molar-refractivity contribution in [3.8, 4) is 0 Å². The molecular weight excluding hydrogens is 302 g/mol. The van der Waals surface area contributed by atoms with Crippen molar-refractivity contribution in [3.05, 3.63) is 21.9 Å². The minimum Gasteiger partial charge on any atom is -0.346 e. The van der Waals surface area contributed by atoms with Crippen LogP contribution in [0.25, 0.3) is 0 Å². The largest absolute Gasteiger partial charge is 0.346 e. The van der Waals surface area contributed by atoms with Crippen LogP contribution in [-0.2, 0) is 6.54 Å². The van der Waals surface area contributed by atoms with E-state index >= 15 is 0 Å². The van der Waals surface area contributed by atoms with E-state index in [0.29, 0.717) is 5.92 Å². The smallest absolute Gasteiger partial charge is 0.208 e. The summed E-state index contributed by atoms with van der Waals surface area (Å²) in [6, 6.07) is 0. The van der Waals surface area contributed by atoms with Gasteiger partial charge < -0.3 is 4.90 Å². The molecule has 0 unspecified atom stereocenters. The van der Waals surface area contributed by atoms with E-state index in [1.165, 1.54) is 0 Å². The van der Waals surface area contributed by atoms with Crippen molar-refractivity contribution in [2.24, 2.45) is 5.92 Å². The number of halogens is 1. The SMILES string of the molecule is Cc1nnc(N2CC(Cn3cc(Br)cn3)C2)s1. The number of aryl methyl sites for hydroxylation is 1. The normalized spacial score (nSPS) is 16.2. The summed E-state index contributed by atoms with van der Waals surface area (Å²) < 4.78 is 3.02. The maximum atomic E-state index is 4.27. The van der Waals surface area contributed by atoms with Gasteiger partial charge in [0.1, 0.15) is 5.01 Å². The third-order valence-corrected chi connectivity index (χ3v) is 4.10. The monoisotopic (exact) mass is 313 g/mol. The first-order valence-electron chi connectivity index (χ1n) is 5.44. The number of nitrogens with zero attached hydrogens (tertiary/aromatic N) is 5. The predicted octanol–water partition coefficient (Wildman–Crippen LogP) is 1.94. The number of anilines is 1. The minimum atomic E-state index is 0.658. The molecule has 0 aromatic carbocycles. The Morgan fingerprint density at radius 3 is 2.88 bits per heavy atom. The van der Waals surface area contributed by atoms with E-state index < -0.39 is 0 Å². The fourth-order valence-electron chi connectivity index (χ4n) is 1.96. The molecule has 1 aliphatic heterocycles. The standard InChI is InChI=1S/C10H12BrN5S/c1-7-13-14-10(17-7)15-3-8(4-15)5-16-6-9(11)2-12-16/h2,6,8H,3-5H2,1H3. The van der Waals surface area contributed by atoms with E-state index in [0.717, 1.165) is 34.2 Å². The van der Waals surface area contributed by atoms with Crippen LogP contribution in [-0.4, -0.2) is 33.1 Å². The molecule has 0 saturated carbocycles. The van der Waals surface area contributed by atoms with E-state index in [1.807, 2.05) is 24.0 Å². The summed E-state index contributed by atoms with van der Waals surface area (Å²) in [6.45, 7) is 5.05. The average molecular weight is 314 g/mol. The molecule has 17 heavy (non-hydrogen) atoms. The Balaban J connectivity index is 1.55. The van der Waals surface area contributed by atoms with Crippen LogP contribution >= 0.6 is 27.3 Å². The minimum absolute atomic E-state index is 0.658. The van der Waals surface area contributed by atoms with Crippen molar-refractivity contribution in [2.75, 3.05) is 18.0 Å². The quantitative estimate of drug-likeness (QED) is 0.869. The Morgan fingerprint density at radius 2 is 2.29 bits per heavy atom. The zero-order valence-electron chi connectivity index (χ0n) is 9.38. The van der Waals surface area contributed by atoms with Crippen LogP contribution in [0.1, 0.15) is 5.01 Å². The lowest BCUT2D eigenvalue weighted by atomic mass is 10.0. The maximum Gasteiger partial charge on any atom is 0.208 e. The average Bonchev–Trinajstić information content (AvgIpc) is 2.81. The van der Waals surface area contributed by atoms with Crippen molar-refractivity contribution in [3.63, 3.8) is 0 Å². The molecule has 2 aromatic rings. The lowest BCUT2D eigenvalue weighted by Crippen LogP contribution is -2.48. The molecule has 0 radical (unpaired) electrons. The van der Waals surface area contributed by atoms with Gasteiger partial charge in [0.05, 0.1) is 10.7 Å². The first kappa shape index (κ1) is 11.2. The highest BCUT2D eigenvalue weighted by Gasteiger charge is 2.29. The van der Waals surface area contributed by atoms with Crippen LogP contribution < -0.4 is 4.90 Å². The Morgan fingerprint density at radius 1 is 1.47 bits per heavy atom. The molecule has 3 heterocycles. The zero-order valence-corrected chi connectivity index (χ0v) is 11.8. The highest BCUT2D eigenvalue weighted by molar-refractivity contribution is 9.10. The maximum absolute atomic E-state index is 4.27. The second-order valence-electron chi connectivity index (χ2n) is 4.26. The second-order valence-corrected chi connectivity index (χ2v) is 6.33. The summed E-state index contributed by atoms with van der Waals surface area (Å²) in [6.07, 6.45) is 3.84. The lowest BCUT2D eigenvalue weighted by Gasteiger charge is -2.38. The Labute approximate surface area is 112 Å². The molecule has 0 amide bonds. The van der Waals surface area contributed by atoms with Gasteiger partial charge >= 0.3 is 0 Å². The lowest BCUT2D eigenvalue weighted by molar-refractivity contribution is 0.341. The summed E-state index contributed by atoms with van der Waals surface area (Å²) in [5.74, 6) is 0.658. The van der Waals surface area contributed by atoms with Crippen molar-refractivity contribution in [1.29, 1.82) is 0 Å². The van der Waals surface area contributed by atoms with Crippen molar-refractivity contribution in [2.45, 2.75) is 13.5 Å². The van der Waals surface area contributed by atoms with Gasteiger partial charge in [0.2, 0.25) is 5.13 Å². The summed E-state index contributed by atoms with van der Waals surface area (Å²) in [4.78, 5) is 2.27. The molecule has 2 aromatic heterocycles. The highest BCUT2D eigenvalue weighted by Crippen LogP contribution is 2.28. The Kier molecular flexibility index (Phi) is 2.87. The van der Waals surface area contributed by atoms with Gasteiger partial charge in [-0.15, -0.1) is 10.2 Å². The molecular formula is C10H12BrN5S. The van der Waals surface area contributed by atoms with Gasteiger partial charge in [0.25, 0.3) is 0 Å². The van der Waals surface area contributed by atoms with Crippen LogP contribution in [0, 0.1) is 12.8 Å². The van der Waals surface area contributed by atoms with Crippen LogP contribution in [0.3, 0.4) is 0 Å². The van der Waals surface area contributed by atoms with Gasteiger partial charge in [-0.25, -0.2) is 0 Å². The number of hydrogen-bond donors (Lipinski definition) is 0. The van der Waals surface area contributed by atoms with Gasteiger partial charge in [-0.2, -0.15) is 5.10 Å². The molecule has 1 aliphatic rings. The molecule has 0 bridgehead atoms. The van der Waals surface area contributed by atoms with Crippen LogP contribution in [0.2, 0.25) is 0 Å². The molecule has 3 rings (SSSR count). The molecule has 1 fully saturated rings. The van der Waals surface area contributed by atoms with E-state index in [4.69, 9.17) is 0 Å². The topological polar surface area (TPSA) is 46.8 Å². The summed E-state index contributed by atoms with van der Waals surface area (Å²) in [5, 5.41) is 14.5. The molecule has 5 nitrogen and oxygen atoms in total. The van der Waals surface area contributed by atoms with E-state index in [-0.39, 0.29) is 0 Å². The number of hydrogen-bond acceptors (Lipinski definition) is 5. The predicted molar refractivity (Wildman–Crippen MR) is 70.3 cm³/mol. The van der Waals surface area contributed by atoms with Gasteiger partial charge in [0.15, 0.2) is 0 Å². The summed E-state index contributed by atoms with van der Waals surface area (Å²) >= 11 is 5.06. The first-order valence-corrected chi connectivity index (χ1v) is 7.04. The molecule has 7 heteroatoms. The van der Waals surface area contributed by atoms with Crippen LogP contribution in [0.15, 0.2) is 16.9 Å². The fourth-order valence-corrected chi connectivity index (χ4v) is 2.99. The van der Waals surface area contributed by atoms with E-state index in [1.54, 1.807) is 11.3 Å². The molecule has 0 N–H and O–H groups in total. The van der Waals surface area contributed by atoms with E-state index in [9.17, 15) is 0 Å². The van der Waals surface area contributed by atoms with Gasteiger partial charge in [-0.3, -0.25) is 4.68 Å². The summed E-state index contributed by atoms with van der Waals surface area (Å²) in [7, 11) is 0. The Hall–Kier alpha value is -0.950. The van der Waals surface area contributed by atoms with Crippen LogP contribution in [0.4, 0.5) is 5.13 Å². The van der Waals surface area contributed by atoms with Crippen molar-refractivity contribution >= 4 is 32.4 Å². The molecule has 0 atom stereocenters. The molecule has 1 saturated heterocycles. The second kappa shape index (κ2) is 4.38. The highest BCUT2D eigenvalue weighted by atomic mass is 79.9. The first-order chi connectivity index (χ1) is 8.20. The van der Waals surface area contributed by atoms with Crippen LogP contribution in [0.5, 0.6) is 0 Å². The third-order valence-electron chi connectivity index (χ3n) is 2.79. The molecule has 0 spiro atoms. The number of aromatic nitrogens is 4. The van der Waals surface area contributed by atoms with E-state index in [2.05, 4.69) is 36.1 Å². The fraction of sp³-hybridized carbons (Fsp3) is 0.500. The zero-order chi connectivity index (χ0) is 11.8.